The number of hydrogen-bond donors (Lipinski definition) is 1. The molecule has 2 rings (SSSR count). The van der Waals surface area contributed by atoms with E-state index in [0.29, 0.717) is 6.04 Å². The number of rotatable bonds is 3. The van der Waals surface area contributed by atoms with Gasteiger partial charge in [-0.25, -0.2) is 0 Å². The van der Waals surface area contributed by atoms with Gasteiger partial charge < -0.3 is 14.7 Å². The maximum absolute atomic E-state index is 10.5. The molecule has 1 aliphatic carbocycles. The van der Waals surface area contributed by atoms with Crippen LogP contribution in [0.4, 0.5) is 0 Å². The average Bonchev–Trinajstić information content (AvgIpc) is 2.30. The van der Waals surface area contributed by atoms with E-state index < -0.39 is 5.60 Å². The molecule has 3 heteroatoms. The Morgan fingerprint density at radius 2 is 1.81 bits per heavy atom. The number of nitrogens with zero attached hydrogens (tertiary/aromatic N) is 1. The fraction of sp³-hybridized carbons (Fsp3) is 1.00. The van der Waals surface area contributed by atoms with Crippen molar-refractivity contribution in [2.45, 2.75) is 56.6 Å². The second-order valence-corrected chi connectivity index (χ2v) is 5.54. The molecule has 0 atom stereocenters. The van der Waals surface area contributed by atoms with Gasteiger partial charge in [0.2, 0.25) is 0 Å². The summed E-state index contributed by atoms with van der Waals surface area (Å²) in [5.41, 5.74) is -0.496. The van der Waals surface area contributed by atoms with Gasteiger partial charge in [0, 0.05) is 38.6 Å². The molecule has 0 spiro atoms. The number of hydrogen-bond acceptors (Lipinski definition) is 3. The molecular formula is C13H25NO2. The predicted molar refractivity (Wildman–Crippen MR) is 64.5 cm³/mol. The van der Waals surface area contributed by atoms with Crippen LogP contribution in [-0.4, -0.2) is 48.5 Å². The van der Waals surface area contributed by atoms with E-state index >= 15 is 0 Å². The summed E-state index contributed by atoms with van der Waals surface area (Å²) in [6.45, 7) is 2.26. The molecule has 2 aliphatic rings. The molecule has 94 valence electrons. The lowest BCUT2D eigenvalue weighted by molar-refractivity contribution is -0.0828. The Balaban J connectivity index is 1.82. The fourth-order valence-corrected chi connectivity index (χ4v) is 3.02. The minimum absolute atomic E-state index is 0.496. The molecule has 3 nitrogen and oxygen atoms in total. The summed E-state index contributed by atoms with van der Waals surface area (Å²) in [5.74, 6) is 0. The minimum atomic E-state index is -0.496. The molecule has 0 aromatic carbocycles. The normalized spacial score (nSPS) is 27.2. The van der Waals surface area contributed by atoms with E-state index in [1.807, 2.05) is 0 Å². The molecule has 1 aliphatic heterocycles. The van der Waals surface area contributed by atoms with Crippen molar-refractivity contribution in [3.63, 3.8) is 0 Å². The van der Waals surface area contributed by atoms with Crippen LogP contribution >= 0.6 is 0 Å². The molecule has 0 aromatic rings. The molecule has 0 aromatic heterocycles. The first-order valence-corrected chi connectivity index (χ1v) is 6.70. The highest BCUT2D eigenvalue weighted by Crippen LogP contribution is 2.26. The summed E-state index contributed by atoms with van der Waals surface area (Å²) in [4.78, 5) is 2.38. The van der Waals surface area contributed by atoms with Crippen molar-refractivity contribution in [1.82, 2.24) is 4.90 Å². The molecule has 1 saturated carbocycles. The maximum Gasteiger partial charge on any atom is 0.0817 e. The number of aliphatic hydroxyl groups is 1. The van der Waals surface area contributed by atoms with Crippen LogP contribution in [0.15, 0.2) is 0 Å². The topological polar surface area (TPSA) is 32.7 Å². The van der Waals surface area contributed by atoms with Crippen molar-refractivity contribution < 1.29 is 9.84 Å². The average molecular weight is 227 g/mol. The second-order valence-electron chi connectivity index (χ2n) is 5.54. The van der Waals surface area contributed by atoms with Crippen molar-refractivity contribution in [1.29, 1.82) is 0 Å². The Morgan fingerprint density at radius 3 is 2.44 bits per heavy atom. The molecule has 0 amide bonds. The molecular weight excluding hydrogens is 202 g/mol. The predicted octanol–water partition coefficient (Wildman–Crippen LogP) is 1.79. The van der Waals surface area contributed by atoms with Crippen LogP contribution in [0.1, 0.15) is 44.9 Å². The lowest BCUT2D eigenvalue weighted by Gasteiger charge is -2.39. The zero-order valence-corrected chi connectivity index (χ0v) is 10.5. The Bertz CT molecular complexity index is 208. The van der Waals surface area contributed by atoms with Crippen molar-refractivity contribution in [2.75, 3.05) is 26.8 Å². The summed E-state index contributed by atoms with van der Waals surface area (Å²) in [7, 11) is 2.17. The van der Waals surface area contributed by atoms with E-state index in [1.165, 1.54) is 32.1 Å². The van der Waals surface area contributed by atoms with Gasteiger partial charge in [0.05, 0.1) is 5.60 Å². The van der Waals surface area contributed by atoms with Gasteiger partial charge in [0.25, 0.3) is 0 Å². The van der Waals surface area contributed by atoms with Crippen LogP contribution in [0.3, 0.4) is 0 Å². The summed E-state index contributed by atoms with van der Waals surface area (Å²) in [6, 6.07) is 0.695. The molecule has 1 heterocycles. The first-order valence-electron chi connectivity index (χ1n) is 6.70. The molecule has 2 fully saturated rings. The summed E-state index contributed by atoms with van der Waals surface area (Å²) >= 11 is 0. The monoisotopic (exact) mass is 227 g/mol. The van der Waals surface area contributed by atoms with Gasteiger partial charge in [-0.15, -0.1) is 0 Å². The summed E-state index contributed by atoms with van der Waals surface area (Å²) < 4.78 is 5.31. The van der Waals surface area contributed by atoms with Crippen LogP contribution in [0.5, 0.6) is 0 Å². The van der Waals surface area contributed by atoms with Crippen molar-refractivity contribution >= 4 is 0 Å². The highest BCUT2D eigenvalue weighted by molar-refractivity contribution is 4.86. The molecule has 0 unspecified atom stereocenters. The quantitative estimate of drug-likeness (QED) is 0.798. The summed E-state index contributed by atoms with van der Waals surface area (Å²) in [6.07, 6.45) is 8.32. The SMILES string of the molecule is CN(CC1(O)CCOCC1)C1CCCCC1. The lowest BCUT2D eigenvalue weighted by Crippen LogP contribution is -2.48. The maximum atomic E-state index is 10.5. The van der Waals surface area contributed by atoms with E-state index in [4.69, 9.17) is 4.74 Å². The molecule has 16 heavy (non-hydrogen) atoms. The van der Waals surface area contributed by atoms with Gasteiger partial charge in [-0.2, -0.15) is 0 Å². The van der Waals surface area contributed by atoms with E-state index in [0.717, 1.165) is 32.6 Å². The third-order valence-electron chi connectivity index (χ3n) is 4.17. The standard InChI is InChI=1S/C13H25NO2/c1-14(12-5-3-2-4-6-12)11-13(15)7-9-16-10-8-13/h12,15H,2-11H2,1H3. The first kappa shape index (κ1) is 12.3. The summed E-state index contributed by atoms with van der Waals surface area (Å²) in [5, 5.41) is 10.5. The first-order chi connectivity index (χ1) is 7.70. The Hall–Kier alpha value is -0.120. The van der Waals surface area contributed by atoms with E-state index in [-0.39, 0.29) is 0 Å². The minimum Gasteiger partial charge on any atom is -0.388 e. The third kappa shape index (κ3) is 3.19. The van der Waals surface area contributed by atoms with Gasteiger partial charge in [0.1, 0.15) is 0 Å². The second kappa shape index (κ2) is 5.48. The van der Waals surface area contributed by atoms with Gasteiger partial charge in [-0.1, -0.05) is 19.3 Å². The van der Waals surface area contributed by atoms with Crippen molar-refractivity contribution in [3.8, 4) is 0 Å². The fourth-order valence-electron chi connectivity index (χ4n) is 3.02. The largest absolute Gasteiger partial charge is 0.388 e. The zero-order chi connectivity index (χ0) is 11.4. The van der Waals surface area contributed by atoms with Crippen LogP contribution in [0, 0.1) is 0 Å². The van der Waals surface area contributed by atoms with E-state index in [2.05, 4.69) is 11.9 Å². The molecule has 1 N–H and O–H groups in total. The van der Waals surface area contributed by atoms with Crippen LogP contribution in [0.25, 0.3) is 0 Å². The molecule has 0 radical (unpaired) electrons. The number of likely N-dealkylation sites (N-methyl/N-ethyl adjacent to an activating group) is 1. The lowest BCUT2D eigenvalue weighted by atomic mass is 9.90. The smallest absolute Gasteiger partial charge is 0.0817 e. The van der Waals surface area contributed by atoms with Crippen LogP contribution in [-0.2, 0) is 4.74 Å². The molecule has 1 saturated heterocycles. The Kier molecular flexibility index (Phi) is 4.22. The van der Waals surface area contributed by atoms with E-state index in [1.54, 1.807) is 0 Å². The van der Waals surface area contributed by atoms with Gasteiger partial charge >= 0.3 is 0 Å². The highest BCUT2D eigenvalue weighted by atomic mass is 16.5. The Labute approximate surface area is 98.8 Å². The van der Waals surface area contributed by atoms with E-state index in [9.17, 15) is 5.11 Å². The van der Waals surface area contributed by atoms with Crippen molar-refractivity contribution in [2.24, 2.45) is 0 Å². The Morgan fingerprint density at radius 1 is 1.19 bits per heavy atom. The van der Waals surface area contributed by atoms with Crippen LogP contribution < -0.4 is 0 Å². The molecule has 0 bridgehead atoms. The number of ether oxygens (including phenoxy) is 1. The third-order valence-corrected chi connectivity index (χ3v) is 4.17. The van der Waals surface area contributed by atoms with Crippen molar-refractivity contribution in [3.05, 3.63) is 0 Å². The zero-order valence-electron chi connectivity index (χ0n) is 10.5. The highest BCUT2D eigenvalue weighted by Gasteiger charge is 2.32. The van der Waals surface area contributed by atoms with Gasteiger partial charge in [0.15, 0.2) is 0 Å². The van der Waals surface area contributed by atoms with Gasteiger partial charge in [-0.3, -0.25) is 0 Å². The van der Waals surface area contributed by atoms with Gasteiger partial charge in [-0.05, 0) is 19.9 Å². The van der Waals surface area contributed by atoms with Crippen LogP contribution in [0.2, 0.25) is 0 Å².